The molecule has 4 nitrogen and oxygen atoms in total. The van der Waals surface area contributed by atoms with Gasteiger partial charge in [-0.3, -0.25) is 0 Å². The van der Waals surface area contributed by atoms with Gasteiger partial charge in [-0.1, -0.05) is 38.0 Å². The summed E-state index contributed by atoms with van der Waals surface area (Å²) in [7, 11) is 0. The van der Waals surface area contributed by atoms with E-state index in [0.717, 1.165) is 23.8 Å². The monoisotopic (exact) mass is 270 g/mol. The molecule has 2 unspecified atom stereocenters. The smallest absolute Gasteiger partial charge is 0.0969 e. The minimum Gasteiger partial charge on any atom is -0.308 e. The average molecular weight is 270 g/mol. The van der Waals surface area contributed by atoms with Crippen LogP contribution in [-0.2, 0) is 6.54 Å². The zero-order valence-electron chi connectivity index (χ0n) is 12.0. The summed E-state index contributed by atoms with van der Waals surface area (Å²) in [5, 5.41) is 12.5. The van der Waals surface area contributed by atoms with Gasteiger partial charge in [0.25, 0.3) is 0 Å². The maximum absolute atomic E-state index is 4.53. The molecule has 20 heavy (non-hydrogen) atoms. The predicted octanol–water partition coefficient (Wildman–Crippen LogP) is 2.94. The van der Waals surface area contributed by atoms with Crippen LogP contribution in [0.4, 0.5) is 0 Å². The summed E-state index contributed by atoms with van der Waals surface area (Å²) in [6.45, 7) is 3.15. The predicted molar refractivity (Wildman–Crippen MR) is 79.6 cm³/mol. The molecule has 2 aromatic rings. The minimum absolute atomic E-state index is 0.630. The van der Waals surface area contributed by atoms with Gasteiger partial charge < -0.3 is 5.32 Å². The van der Waals surface area contributed by atoms with Crippen molar-refractivity contribution in [1.82, 2.24) is 20.3 Å². The fraction of sp³-hybridized carbons (Fsp3) is 0.500. The zero-order valence-corrected chi connectivity index (χ0v) is 12.0. The van der Waals surface area contributed by atoms with Gasteiger partial charge >= 0.3 is 0 Å². The lowest BCUT2D eigenvalue weighted by atomic mass is 9.86. The molecule has 2 atom stereocenters. The number of benzene rings is 1. The number of aromatic nitrogens is 3. The lowest BCUT2D eigenvalue weighted by Gasteiger charge is -2.29. The Balaban J connectivity index is 1.60. The van der Waals surface area contributed by atoms with Crippen molar-refractivity contribution in [1.29, 1.82) is 0 Å². The molecule has 1 saturated carbocycles. The highest BCUT2D eigenvalue weighted by Gasteiger charge is 2.20. The Morgan fingerprint density at radius 1 is 1.20 bits per heavy atom. The van der Waals surface area contributed by atoms with Gasteiger partial charge in [0.15, 0.2) is 0 Å². The first-order valence-electron chi connectivity index (χ1n) is 7.53. The van der Waals surface area contributed by atoms with Gasteiger partial charge in [0.2, 0.25) is 0 Å². The summed E-state index contributed by atoms with van der Waals surface area (Å²) in [5.41, 5.74) is 2.01. The SMILES string of the molecule is CC1CCCCC1NCc1cnn(-c2ccccc2)n1. The first-order valence-corrected chi connectivity index (χ1v) is 7.53. The molecule has 1 N–H and O–H groups in total. The van der Waals surface area contributed by atoms with E-state index in [4.69, 9.17) is 0 Å². The first-order chi connectivity index (χ1) is 9.83. The third-order valence-electron chi connectivity index (χ3n) is 4.18. The zero-order chi connectivity index (χ0) is 13.8. The van der Waals surface area contributed by atoms with Crippen molar-refractivity contribution in [3.8, 4) is 5.69 Å². The van der Waals surface area contributed by atoms with Gasteiger partial charge in [0.05, 0.1) is 17.6 Å². The van der Waals surface area contributed by atoms with Crippen LogP contribution in [0, 0.1) is 5.92 Å². The van der Waals surface area contributed by atoms with Crippen LogP contribution in [0.25, 0.3) is 5.69 Å². The second-order valence-electron chi connectivity index (χ2n) is 5.71. The van der Waals surface area contributed by atoms with Crippen LogP contribution in [0.15, 0.2) is 36.5 Å². The standard InChI is InChI=1S/C16H22N4/c1-13-7-5-6-10-16(13)17-11-14-12-18-20(19-14)15-8-3-2-4-9-15/h2-4,8-9,12-13,16-17H,5-7,10-11H2,1H3. The molecule has 1 aliphatic carbocycles. The third-order valence-corrected chi connectivity index (χ3v) is 4.18. The van der Waals surface area contributed by atoms with Crippen molar-refractivity contribution in [2.75, 3.05) is 0 Å². The van der Waals surface area contributed by atoms with Crippen LogP contribution in [0.3, 0.4) is 0 Å². The van der Waals surface area contributed by atoms with Crippen molar-refractivity contribution in [3.05, 3.63) is 42.2 Å². The molecule has 1 fully saturated rings. The number of nitrogens with one attached hydrogen (secondary N) is 1. The number of para-hydroxylation sites is 1. The normalized spacial score (nSPS) is 22.9. The summed E-state index contributed by atoms with van der Waals surface area (Å²) in [6, 6.07) is 10.7. The molecule has 4 heteroatoms. The molecule has 0 radical (unpaired) electrons. The van der Waals surface area contributed by atoms with Crippen LogP contribution in [0.2, 0.25) is 0 Å². The average Bonchev–Trinajstić information content (AvgIpc) is 2.96. The fourth-order valence-electron chi connectivity index (χ4n) is 2.92. The highest BCUT2D eigenvalue weighted by atomic mass is 15.5. The van der Waals surface area contributed by atoms with Crippen LogP contribution >= 0.6 is 0 Å². The first kappa shape index (κ1) is 13.3. The Bertz CT molecular complexity index is 534. The van der Waals surface area contributed by atoms with E-state index in [1.807, 2.05) is 36.5 Å². The molecule has 1 heterocycles. The molecule has 0 spiro atoms. The molecule has 1 aromatic carbocycles. The van der Waals surface area contributed by atoms with Crippen LogP contribution in [0.1, 0.15) is 38.3 Å². The molecule has 0 bridgehead atoms. The Labute approximate surface area is 120 Å². The Kier molecular flexibility index (Phi) is 4.11. The number of hydrogen-bond donors (Lipinski definition) is 1. The van der Waals surface area contributed by atoms with Gasteiger partial charge in [-0.05, 0) is 30.9 Å². The Morgan fingerprint density at radius 2 is 2.00 bits per heavy atom. The van der Waals surface area contributed by atoms with Gasteiger partial charge in [-0.25, -0.2) is 0 Å². The van der Waals surface area contributed by atoms with E-state index in [9.17, 15) is 0 Å². The van der Waals surface area contributed by atoms with Crippen molar-refractivity contribution >= 4 is 0 Å². The minimum atomic E-state index is 0.630. The van der Waals surface area contributed by atoms with Crippen LogP contribution < -0.4 is 5.32 Å². The largest absolute Gasteiger partial charge is 0.308 e. The van der Waals surface area contributed by atoms with E-state index in [1.54, 1.807) is 4.80 Å². The van der Waals surface area contributed by atoms with Crippen molar-refractivity contribution in [3.63, 3.8) is 0 Å². The molecule has 1 aliphatic rings. The van der Waals surface area contributed by atoms with Crippen molar-refractivity contribution in [2.24, 2.45) is 5.92 Å². The molecule has 106 valence electrons. The molecular formula is C16H22N4. The van der Waals surface area contributed by atoms with Crippen molar-refractivity contribution < 1.29 is 0 Å². The maximum Gasteiger partial charge on any atom is 0.0969 e. The molecule has 0 amide bonds. The van der Waals surface area contributed by atoms with Gasteiger partial charge in [-0.2, -0.15) is 15.0 Å². The lowest BCUT2D eigenvalue weighted by Crippen LogP contribution is -2.36. The van der Waals surface area contributed by atoms with Gasteiger partial charge in [0, 0.05) is 12.6 Å². The molecule has 0 aliphatic heterocycles. The van der Waals surface area contributed by atoms with E-state index < -0.39 is 0 Å². The summed E-state index contributed by atoms with van der Waals surface area (Å²) >= 11 is 0. The molecule has 3 rings (SSSR count). The highest BCUT2D eigenvalue weighted by Crippen LogP contribution is 2.23. The van der Waals surface area contributed by atoms with Crippen LogP contribution in [-0.4, -0.2) is 21.0 Å². The Morgan fingerprint density at radius 3 is 2.80 bits per heavy atom. The number of hydrogen-bond acceptors (Lipinski definition) is 3. The number of nitrogens with zero attached hydrogens (tertiary/aromatic N) is 3. The maximum atomic E-state index is 4.53. The second-order valence-corrected chi connectivity index (χ2v) is 5.71. The van der Waals surface area contributed by atoms with E-state index >= 15 is 0 Å². The van der Waals surface area contributed by atoms with E-state index in [1.165, 1.54) is 25.7 Å². The lowest BCUT2D eigenvalue weighted by molar-refractivity contribution is 0.278. The highest BCUT2D eigenvalue weighted by molar-refractivity contribution is 5.28. The molecule has 1 aromatic heterocycles. The second kappa shape index (κ2) is 6.18. The fourth-order valence-corrected chi connectivity index (χ4v) is 2.92. The Hall–Kier alpha value is -1.68. The van der Waals surface area contributed by atoms with E-state index in [-0.39, 0.29) is 0 Å². The molecular weight excluding hydrogens is 248 g/mol. The molecule has 0 saturated heterocycles. The summed E-state index contributed by atoms with van der Waals surface area (Å²) < 4.78 is 0. The van der Waals surface area contributed by atoms with Gasteiger partial charge in [-0.15, -0.1) is 0 Å². The van der Waals surface area contributed by atoms with Crippen molar-refractivity contribution in [2.45, 2.75) is 45.2 Å². The van der Waals surface area contributed by atoms with Gasteiger partial charge in [0.1, 0.15) is 0 Å². The third kappa shape index (κ3) is 3.07. The van der Waals surface area contributed by atoms with Crippen LogP contribution in [0.5, 0.6) is 0 Å². The summed E-state index contributed by atoms with van der Waals surface area (Å²) in [6.07, 6.45) is 7.21. The quantitative estimate of drug-likeness (QED) is 0.929. The number of rotatable bonds is 4. The summed E-state index contributed by atoms with van der Waals surface area (Å²) in [4.78, 5) is 1.70. The van der Waals surface area contributed by atoms with E-state index in [2.05, 4.69) is 22.4 Å². The topological polar surface area (TPSA) is 42.7 Å². The van der Waals surface area contributed by atoms with E-state index in [0.29, 0.717) is 6.04 Å². The summed E-state index contributed by atoms with van der Waals surface area (Å²) in [5.74, 6) is 0.771.